The van der Waals surface area contributed by atoms with Crippen molar-refractivity contribution >= 4 is 12.8 Å². The minimum atomic E-state index is -0.221. The Morgan fingerprint density at radius 1 is 1.17 bits per heavy atom. The molecular formula is C8H14N2O2. The molecule has 0 unspecified atom stereocenters. The number of piperazine rings is 1. The van der Waals surface area contributed by atoms with Crippen molar-refractivity contribution in [2.24, 2.45) is 0 Å². The van der Waals surface area contributed by atoms with Gasteiger partial charge in [0.25, 0.3) is 0 Å². The van der Waals surface area contributed by atoms with E-state index >= 15 is 0 Å². The van der Waals surface area contributed by atoms with Crippen LogP contribution in [0.2, 0.25) is 0 Å². The highest BCUT2D eigenvalue weighted by atomic mass is 16.1. The molecule has 0 saturated carbocycles. The summed E-state index contributed by atoms with van der Waals surface area (Å²) in [6, 6.07) is 0. The molecule has 0 aromatic heterocycles. The molecule has 0 bridgehead atoms. The average molecular weight is 170 g/mol. The van der Waals surface area contributed by atoms with E-state index in [4.69, 9.17) is 0 Å². The van der Waals surface area contributed by atoms with Gasteiger partial charge in [0.05, 0.1) is 5.54 Å². The lowest BCUT2D eigenvalue weighted by Crippen LogP contribution is -2.58. The maximum Gasteiger partial charge on any atom is 0.210 e. The molecule has 0 radical (unpaired) electrons. The van der Waals surface area contributed by atoms with Gasteiger partial charge in [0.1, 0.15) is 0 Å². The van der Waals surface area contributed by atoms with Crippen LogP contribution in [0.1, 0.15) is 13.8 Å². The molecule has 1 rings (SSSR count). The van der Waals surface area contributed by atoms with E-state index in [0.717, 1.165) is 12.8 Å². The van der Waals surface area contributed by atoms with E-state index in [1.165, 1.54) is 0 Å². The summed E-state index contributed by atoms with van der Waals surface area (Å²) in [6.45, 7) is 5.81. The number of nitrogens with zero attached hydrogens (tertiary/aromatic N) is 2. The van der Waals surface area contributed by atoms with Crippen LogP contribution in [0.3, 0.4) is 0 Å². The van der Waals surface area contributed by atoms with Crippen molar-refractivity contribution in [3.63, 3.8) is 0 Å². The van der Waals surface area contributed by atoms with Gasteiger partial charge in [-0.3, -0.25) is 9.59 Å². The molecular weight excluding hydrogens is 156 g/mol. The predicted octanol–water partition coefficient (Wildman–Crippen LogP) is -0.305. The van der Waals surface area contributed by atoms with Crippen LogP contribution >= 0.6 is 0 Å². The molecule has 0 aromatic carbocycles. The molecule has 1 saturated heterocycles. The van der Waals surface area contributed by atoms with Crippen LogP contribution in [-0.2, 0) is 9.59 Å². The zero-order chi connectivity index (χ0) is 9.19. The van der Waals surface area contributed by atoms with Gasteiger partial charge in [-0.15, -0.1) is 0 Å². The molecule has 1 heterocycles. The van der Waals surface area contributed by atoms with E-state index in [-0.39, 0.29) is 5.54 Å². The normalized spacial score (nSPS) is 22.2. The SMILES string of the molecule is CC1(C)CN(C=O)CCN1C=O. The summed E-state index contributed by atoms with van der Waals surface area (Å²) < 4.78 is 0. The highest BCUT2D eigenvalue weighted by molar-refractivity contribution is 5.52. The number of hydrogen-bond acceptors (Lipinski definition) is 2. The molecule has 1 aliphatic rings. The first-order valence-electron chi connectivity index (χ1n) is 4.01. The van der Waals surface area contributed by atoms with Gasteiger partial charge < -0.3 is 9.80 Å². The summed E-state index contributed by atoms with van der Waals surface area (Å²) in [5.74, 6) is 0. The summed E-state index contributed by atoms with van der Waals surface area (Å²) in [6.07, 6.45) is 1.69. The van der Waals surface area contributed by atoms with Crippen LogP contribution in [0.15, 0.2) is 0 Å². The lowest BCUT2D eigenvalue weighted by molar-refractivity contribution is -0.132. The Balaban J connectivity index is 2.66. The first-order valence-corrected chi connectivity index (χ1v) is 4.01. The van der Waals surface area contributed by atoms with Crippen LogP contribution in [0.4, 0.5) is 0 Å². The summed E-state index contributed by atoms with van der Waals surface area (Å²) in [4.78, 5) is 24.5. The number of carbonyl (C=O) groups is 2. The minimum Gasteiger partial charge on any atom is -0.341 e. The standard InChI is InChI=1S/C8H14N2O2/c1-8(2)5-9(6-11)3-4-10(8)7-12/h6-7H,3-5H2,1-2H3. The predicted molar refractivity (Wildman–Crippen MR) is 44.5 cm³/mol. The third-order valence-corrected chi connectivity index (χ3v) is 2.27. The Morgan fingerprint density at radius 3 is 2.25 bits per heavy atom. The average Bonchev–Trinajstić information content (AvgIpc) is 2.02. The first-order chi connectivity index (χ1) is 5.60. The minimum absolute atomic E-state index is 0.221. The lowest BCUT2D eigenvalue weighted by Gasteiger charge is -2.43. The Bertz CT molecular complexity index is 191. The van der Waals surface area contributed by atoms with Crippen molar-refractivity contribution in [2.75, 3.05) is 19.6 Å². The molecule has 12 heavy (non-hydrogen) atoms. The van der Waals surface area contributed by atoms with Gasteiger partial charge in [0.2, 0.25) is 12.8 Å². The fraction of sp³-hybridized carbons (Fsp3) is 0.750. The molecule has 1 fully saturated rings. The molecule has 4 nitrogen and oxygen atoms in total. The van der Waals surface area contributed by atoms with Gasteiger partial charge in [-0.05, 0) is 13.8 Å². The van der Waals surface area contributed by atoms with E-state index < -0.39 is 0 Å². The van der Waals surface area contributed by atoms with Crippen molar-refractivity contribution < 1.29 is 9.59 Å². The van der Waals surface area contributed by atoms with E-state index in [0.29, 0.717) is 19.6 Å². The number of amides is 2. The maximum absolute atomic E-state index is 10.6. The van der Waals surface area contributed by atoms with E-state index in [9.17, 15) is 9.59 Å². The van der Waals surface area contributed by atoms with Gasteiger partial charge in [0, 0.05) is 19.6 Å². The Kier molecular flexibility index (Phi) is 2.35. The van der Waals surface area contributed by atoms with Gasteiger partial charge in [-0.1, -0.05) is 0 Å². The Morgan fingerprint density at radius 2 is 1.83 bits per heavy atom. The van der Waals surface area contributed by atoms with Crippen LogP contribution in [0.5, 0.6) is 0 Å². The molecule has 2 amide bonds. The summed E-state index contributed by atoms with van der Waals surface area (Å²) in [5.41, 5.74) is -0.221. The van der Waals surface area contributed by atoms with Crippen molar-refractivity contribution in [3.8, 4) is 0 Å². The fourth-order valence-corrected chi connectivity index (χ4v) is 1.49. The van der Waals surface area contributed by atoms with Crippen molar-refractivity contribution in [2.45, 2.75) is 19.4 Å². The molecule has 0 N–H and O–H groups in total. The van der Waals surface area contributed by atoms with Crippen LogP contribution in [0.25, 0.3) is 0 Å². The van der Waals surface area contributed by atoms with Gasteiger partial charge in [0.15, 0.2) is 0 Å². The van der Waals surface area contributed by atoms with Crippen LogP contribution in [-0.4, -0.2) is 47.8 Å². The topological polar surface area (TPSA) is 40.6 Å². The second-order valence-electron chi connectivity index (χ2n) is 3.69. The Labute approximate surface area is 72.1 Å². The smallest absolute Gasteiger partial charge is 0.210 e. The number of rotatable bonds is 2. The van der Waals surface area contributed by atoms with Crippen molar-refractivity contribution in [3.05, 3.63) is 0 Å². The fourth-order valence-electron chi connectivity index (χ4n) is 1.49. The molecule has 0 aromatic rings. The molecule has 68 valence electrons. The van der Waals surface area contributed by atoms with E-state index in [1.54, 1.807) is 9.80 Å². The van der Waals surface area contributed by atoms with Crippen molar-refractivity contribution in [1.29, 1.82) is 0 Å². The number of carbonyl (C=O) groups excluding carboxylic acids is 2. The van der Waals surface area contributed by atoms with Gasteiger partial charge in [-0.25, -0.2) is 0 Å². The molecule has 1 aliphatic heterocycles. The lowest BCUT2D eigenvalue weighted by atomic mass is 10.0. The Hall–Kier alpha value is -1.06. The zero-order valence-electron chi connectivity index (χ0n) is 7.49. The molecule has 0 spiro atoms. The number of hydrogen-bond donors (Lipinski definition) is 0. The zero-order valence-corrected chi connectivity index (χ0v) is 7.49. The van der Waals surface area contributed by atoms with Crippen LogP contribution < -0.4 is 0 Å². The second kappa shape index (κ2) is 3.13. The molecule has 0 atom stereocenters. The third kappa shape index (κ3) is 1.57. The van der Waals surface area contributed by atoms with Crippen LogP contribution in [0, 0.1) is 0 Å². The molecule has 4 heteroatoms. The molecule has 0 aliphatic carbocycles. The second-order valence-corrected chi connectivity index (χ2v) is 3.69. The largest absolute Gasteiger partial charge is 0.341 e. The first kappa shape index (κ1) is 9.03. The maximum atomic E-state index is 10.6. The van der Waals surface area contributed by atoms with E-state index in [1.807, 2.05) is 13.8 Å². The monoisotopic (exact) mass is 170 g/mol. The van der Waals surface area contributed by atoms with Crippen molar-refractivity contribution in [1.82, 2.24) is 9.80 Å². The summed E-state index contributed by atoms with van der Waals surface area (Å²) >= 11 is 0. The summed E-state index contributed by atoms with van der Waals surface area (Å²) in [7, 11) is 0. The summed E-state index contributed by atoms with van der Waals surface area (Å²) in [5, 5.41) is 0. The third-order valence-electron chi connectivity index (χ3n) is 2.27. The van der Waals surface area contributed by atoms with E-state index in [2.05, 4.69) is 0 Å². The highest BCUT2D eigenvalue weighted by Gasteiger charge is 2.31. The van der Waals surface area contributed by atoms with Gasteiger partial charge >= 0.3 is 0 Å². The highest BCUT2D eigenvalue weighted by Crippen LogP contribution is 2.17. The van der Waals surface area contributed by atoms with Gasteiger partial charge in [-0.2, -0.15) is 0 Å². The quantitative estimate of drug-likeness (QED) is 0.534.